The lowest BCUT2D eigenvalue weighted by Gasteiger charge is -2.17. The van der Waals surface area contributed by atoms with Crippen LogP contribution >= 0.6 is 0 Å². The van der Waals surface area contributed by atoms with Gasteiger partial charge in [-0.25, -0.2) is 14.5 Å². The second-order valence-electron chi connectivity index (χ2n) is 9.43. The molecule has 43 heavy (non-hydrogen) atoms. The highest BCUT2D eigenvalue weighted by Gasteiger charge is 2.24. The molecule has 0 fully saturated rings. The van der Waals surface area contributed by atoms with E-state index >= 15 is 0 Å². The zero-order valence-electron chi connectivity index (χ0n) is 24.0. The van der Waals surface area contributed by atoms with Gasteiger partial charge in [-0.15, -0.1) is 0 Å². The normalized spacial score (nSPS) is 11.5. The molecular weight excluding hydrogens is 556 g/mol. The molecule has 2 N–H and O–H groups in total. The first-order chi connectivity index (χ1) is 20.7. The summed E-state index contributed by atoms with van der Waals surface area (Å²) in [7, 11) is 0. The van der Waals surface area contributed by atoms with Crippen LogP contribution in [0.3, 0.4) is 0 Å². The van der Waals surface area contributed by atoms with Crippen LogP contribution in [0.2, 0.25) is 0 Å². The van der Waals surface area contributed by atoms with E-state index in [1.54, 1.807) is 25.5 Å². The molecule has 0 aliphatic heterocycles. The zero-order chi connectivity index (χ0) is 30.9. The van der Waals surface area contributed by atoms with E-state index in [1.165, 1.54) is 35.0 Å². The summed E-state index contributed by atoms with van der Waals surface area (Å²) >= 11 is 0. The molecule has 0 saturated carbocycles. The fourth-order valence-electron chi connectivity index (χ4n) is 4.33. The van der Waals surface area contributed by atoms with E-state index in [0.29, 0.717) is 17.2 Å². The highest BCUT2D eigenvalue weighted by atomic mass is 16.5. The largest absolute Gasteiger partial charge is 0.466 e. The Morgan fingerprint density at radius 1 is 0.953 bits per heavy atom. The second kappa shape index (κ2) is 14.0. The Balaban J connectivity index is 1.41. The second-order valence-corrected chi connectivity index (χ2v) is 9.43. The molecule has 0 aliphatic carbocycles. The van der Waals surface area contributed by atoms with Gasteiger partial charge in [0.15, 0.2) is 5.65 Å². The summed E-state index contributed by atoms with van der Waals surface area (Å²) < 4.78 is 12.7. The number of rotatable bonds is 12. The molecule has 0 bridgehead atoms. The van der Waals surface area contributed by atoms with Crippen LogP contribution in [0.1, 0.15) is 42.9 Å². The highest BCUT2D eigenvalue weighted by molar-refractivity contribution is 5.98. The molecule has 0 radical (unpaired) electrons. The van der Waals surface area contributed by atoms with Crippen molar-refractivity contribution in [2.75, 3.05) is 18.5 Å². The van der Waals surface area contributed by atoms with Crippen molar-refractivity contribution in [2.24, 2.45) is 0 Å². The van der Waals surface area contributed by atoms with Crippen LogP contribution in [0.25, 0.3) is 16.7 Å². The number of nitrogens with zero attached hydrogens (tertiary/aromatic N) is 4. The third-order valence-corrected chi connectivity index (χ3v) is 6.43. The highest BCUT2D eigenvalue weighted by Crippen LogP contribution is 2.15. The van der Waals surface area contributed by atoms with Gasteiger partial charge in [0.1, 0.15) is 23.8 Å². The van der Waals surface area contributed by atoms with E-state index in [0.717, 1.165) is 5.69 Å². The number of para-hydroxylation sites is 1. The molecule has 0 saturated heterocycles. The Hall–Kier alpha value is -5.33. The van der Waals surface area contributed by atoms with Crippen LogP contribution in [0.5, 0.6) is 0 Å². The minimum atomic E-state index is -1.04. The van der Waals surface area contributed by atoms with E-state index in [1.807, 2.05) is 30.3 Å². The smallest absolute Gasteiger partial charge is 0.328 e. The maximum Gasteiger partial charge on any atom is 0.328 e. The van der Waals surface area contributed by atoms with Crippen molar-refractivity contribution in [3.8, 4) is 5.69 Å². The fourth-order valence-corrected chi connectivity index (χ4v) is 4.33. The number of nitrogens with one attached hydrogen (secondary N) is 2. The summed E-state index contributed by atoms with van der Waals surface area (Å²) in [6.45, 7) is 5.00. The number of hydrogen-bond donors (Lipinski definition) is 2. The average Bonchev–Trinajstić information content (AvgIpc) is 3.42. The number of ether oxygens (including phenoxy) is 2. The monoisotopic (exact) mass is 588 g/mol. The Labute approximate surface area is 246 Å². The van der Waals surface area contributed by atoms with Gasteiger partial charge in [-0.05, 0) is 63.6 Å². The fraction of sp³-hybridized carbons (Fsp3) is 0.300. The molecule has 4 aromatic rings. The van der Waals surface area contributed by atoms with E-state index in [2.05, 4.69) is 20.7 Å². The maximum absolute atomic E-state index is 13.2. The van der Waals surface area contributed by atoms with Gasteiger partial charge < -0.3 is 20.1 Å². The number of anilines is 1. The SMILES string of the molecule is CCOC(=O)CC[C@@H](NC(=O)c1ccc(NC(=O)Cn2c(C)nc3c(cnn3-c3ccccc3)c2=O)cc1)C(=O)OCC. The first-order valence-electron chi connectivity index (χ1n) is 13.7. The van der Waals surface area contributed by atoms with Gasteiger partial charge in [0.05, 0.1) is 25.1 Å². The number of carbonyl (C=O) groups excluding carboxylic acids is 4. The predicted molar refractivity (Wildman–Crippen MR) is 157 cm³/mol. The van der Waals surface area contributed by atoms with Gasteiger partial charge in [-0.2, -0.15) is 5.10 Å². The summed E-state index contributed by atoms with van der Waals surface area (Å²) in [5.74, 6) is -1.83. The van der Waals surface area contributed by atoms with Crippen LogP contribution in [0.15, 0.2) is 65.6 Å². The van der Waals surface area contributed by atoms with Crippen LogP contribution < -0.4 is 16.2 Å². The standard InChI is InChI=1S/C30H32N6O7/c1-4-42-26(38)16-15-24(30(41)43-5-2)34-28(39)20-11-13-21(14-12-20)33-25(37)18-35-19(3)32-27-23(29(35)40)17-31-36(27)22-9-7-6-8-10-22/h6-14,17,24H,4-5,15-16,18H2,1-3H3,(H,33,37)(H,34,39)/t24-/m1/s1. The number of aromatic nitrogens is 4. The summed E-state index contributed by atoms with van der Waals surface area (Å²) in [5.41, 5.74) is 1.36. The lowest BCUT2D eigenvalue weighted by molar-refractivity contribution is -0.146. The van der Waals surface area contributed by atoms with Gasteiger partial charge in [-0.3, -0.25) is 23.7 Å². The molecule has 1 atom stereocenters. The minimum absolute atomic E-state index is 0.0179. The molecule has 13 nitrogen and oxygen atoms in total. The Kier molecular flexibility index (Phi) is 9.99. The quantitative estimate of drug-likeness (QED) is 0.237. The van der Waals surface area contributed by atoms with E-state index in [9.17, 15) is 24.0 Å². The van der Waals surface area contributed by atoms with E-state index < -0.39 is 35.4 Å². The third-order valence-electron chi connectivity index (χ3n) is 6.43. The molecule has 2 amide bonds. The van der Waals surface area contributed by atoms with Gasteiger partial charge in [0, 0.05) is 17.7 Å². The molecular formula is C30H32N6O7. The van der Waals surface area contributed by atoms with Crippen molar-refractivity contribution in [3.05, 3.63) is 82.5 Å². The third kappa shape index (κ3) is 7.50. The summed E-state index contributed by atoms with van der Waals surface area (Å²) in [5, 5.41) is 9.87. The van der Waals surface area contributed by atoms with Crippen molar-refractivity contribution < 1.29 is 28.7 Å². The molecule has 2 aromatic heterocycles. The van der Waals surface area contributed by atoms with Crippen molar-refractivity contribution in [3.63, 3.8) is 0 Å². The van der Waals surface area contributed by atoms with Crippen molar-refractivity contribution in [1.29, 1.82) is 0 Å². The molecule has 0 aliphatic rings. The average molecular weight is 589 g/mol. The molecule has 13 heteroatoms. The number of benzene rings is 2. The van der Waals surface area contributed by atoms with E-state index in [-0.39, 0.29) is 43.5 Å². The molecule has 4 rings (SSSR count). The van der Waals surface area contributed by atoms with Gasteiger partial charge >= 0.3 is 11.9 Å². The topological polar surface area (TPSA) is 164 Å². The predicted octanol–water partition coefficient (Wildman–Crippen LogP) is 2.53. The number of hydrogen-bond acceptors (Lipinski definition) is 9. The lowest BCUT2D eigenvalue weighted by atomic mass is 10.1. The van der Waals surface area contributed by atoms with Gasteiger partial charge in [0.25, 0.3) is 11.5 Å². The van der Waals surface area contributed by atoms with Crippen molar-refractivity contribution >= 4 is 40.5 Å². The van der Waals surface area contributed by atoms with E-state index in [4.69, 9.17) is 9.47 Å². The maximum atomic E-state index is 13.2. The number of carbonyl (C=O) groups is 4. The molecule has 0 unspecified atom stereocenters. The Bertz CT molecular complexity index is 1680. The summed E-state index contributed by atoms with van der Waals surface area (Å²) in [6, 6.07) is 14.2. The molecule has 2 heterocycles. The Morgan fingerprint density at radius 3 is 2.33 bits per heavy atom. The molecule has 224 valence electrons. The van der Waals surface area contributed by atoms with Gasteiger partial charge in [0.2, 0.25) is 5.91 Å². The lowest BCUT2D eigenvalue weighted by Crippen LogP contribution is -2.42. The van der Waals surface area contributed by atoms with Crippen LogP contribution in [0.4, 0.5) is 5.69 Å². The van der Waals surface area contributed by atoms with Crippen LogP contribution in [-0.2, 0) is 30.4 Å². The number of esters is 2. The number of amides is 2. The zero-order valence-corrected chi connectivity index (χ0v) is 24.0. The van der Waals surface area contributed by atoms with Gasteiger partial charge in [-0.1, -0.05) is 18.2 Å². The first-order valence-corrected chi connectivity index (χ1v) is 13.7. The Morgan fingerprint density at radius 2 is 1.65 bits per heavy atom. The van der Waals surface area contributed by atoms with Crippen molar-refractivity contribution in [1.82, 2.24) is 24.6 Å². The van der Waals surface area contributed by atoms with Crippen LogP contribution in [0, 0.1) is 6.92 Å². The number of aryl methyl sites for hydroxylation is 1. The summed E-state index contributed by atoms with van der Waals surface area (Å²) in [6.07, 6.45) is 1.38. The molecule has 2 aromatic carbocycles. The number of fused-ring (bicyclic) bond motifs is 1. The van der Waals surface area contributed by atoms with Crippen molar-refractivity contribution in [2.45, 2.75) is 46.2 Å². The minimum Gasteiger partial charge on any atom is -0.466 e. The molecule has 0 spiro atoms. The first kappa shape index (κ1) is 30.6. The summed E-state index contributed by atoms with van der Waals surface area (Å²) in [4.78, 5) is 67.4. The van der Waals surface area contributed by atoms with Crippen LogP contribution in [-0.4, -0.2) is 62.3 Å².